The summed E-state index contributed by atoms with van der Waals surface area (Å²) >= 11 is 0. The first kappa shape index (κ1) is 78.3. The van der Waals surface area contributed by atoms with Crippen molar-refractivity contribution in [1.29, 1.82) is 0 Å². The van der Waals surface area contributed by atoms with Crippen LogP contribution in [0.15, 0.2) is 110 Å². The van der Waals surface area contributed by atoms with E-state index in [4.69, 9.17) is 20.4 Å². The van der Waals surface area contributed by atoms with E-state index < -0.39 is 6.10 Å². The maximum Gasteiger partial charge on any atom is 0.106 e. The zero-order chi connectivity index (χ0) is 59.0. The Labute approximate surface area is 523 Å². The van der Waals surface area contributed by atoms with Gasteiger partial charge in [0.25, 0.3) is 0 Å². The fraction of sp³-hybridized carbons (Fsp3) is 0.444. The number of aliphatic hydroxyl groups is 6. The van der Waals surface area contributed by atoms with E-state index >= 15 is 0 Å². The van der Waals surface area contributed by atoms with Gasteiger partial charge in [-0.3, -0.25) is 19.9 Å². The van der Waals surface area contributed by atoms with Crippen molar-refractivity contribution in [3.8, 4) is 45.0 Å². The first-order valence-electron chi connectivity index (χ1n) is 26.1. The average molecular weight is 1640 g/mol. The van der Waals surface area contributed by atoms with Crippen LogP contribution in [0.25, 0.3) is 45.0 Å². The molecule has 5 atom stereocenters. The van der Waals surface area contributed by atoms with Gasteiger partial charge in [-0.1, -0.05) is 101 Å². The second kappa shape index (κ2) is 38.1. The third kappa shape index (κ3) is 30.4. The molecule has 6 aromatic heterocycles. The molecule has 0 fully saturated rings. The number of benzene rings is 1. The van der Waals surface area contributed by atoms with Gasteiger partial charge in [-0.2, -0.15) is 0 Å². The zero-order valence-electron chi connectivity index (χ0n) is 50.3. The van der Waals surface area contributed by atoms with E-state index in [0.717, 1.165) is 79.2 Å². The number of allylic oxidation sites excluding steroid dienone is 1. The van der Waals surface area contributed by atoms with Gasteiger partial charge in [0.1, 0.15) is 12.7 Å². The quantitative estimate of drug-likeness (QED) is 0.0582. The summed E-state index contributed by atoms with van der Waals surface area (Å²) in [7, 11) is 0. The van der Waals surface area contributed by atoms with Gasteiger partial charge >= 0.3 is 0 Å². The molecule has 0 saturated heterocycles. The maximum atomic E-state index is 9.68. The Kier molecular flexibility index (Phi) is 36.8. The summed E-state index contributed by atoms with van der Waals surface area (Å²) < 4.78 is 0. The summed E-state index contributed by atoms with van der Waals surface area (Å²) in [5.74, 6) is 0.245. The van der Waals surface area contributed by atoms with Crippen molar-refractivity contribution in [2.75, 3.05) is 0 Å². The van der Waals surface area contributed by atoms with Crippen molar-refractivity contribution in [3.05, 3.63) is 162 Å². The van der Waals surface area contributed by atoms with Crippen LogP contribution in [0.3, 0.4) is 0 Å². The largest absolute Gasteiger partial charge is 0.512 e. The van der Waals surface area contributed by atoms with Crippen molar-refractivity contribution < 1.29 is 91.0 Å². The summed E-state index contributed by atoms with van der Waals surface area (Å²) in [5, 5.41) is 53.6. The molecule has 0 aliphatic rings. The molecular formula is C63H86Ir3N9O6-3. The molecule has 3 radical (unpaired) electrons. The fourth-order valence-electron chi connectivity index (χ4n) is 6.74. The van der Waals surface area contributed by atoms with E-state index in [-0.39, 0.29) is 107 Å². The summed E-state index contributed by atoms with van der Waals surface area (Å²) in [4.78, 5) is 38.8. The normalized spacial score (nSPS) is 12.8. The third-order valence-electron chi connectivity index (χ3n) is 11.1. The Hall–Kier alpha value is -4.80. The first-order chi connectivity index (χ1) is 36.3. The van der Waals surface area contributed by atoms with Crippen LogP contribution in [-0.2, 0) is 65.7 Å². The van der Waals surface area contributed by atoms with Gasteiger partial charge in [-0.15, -0.1) is 71.3 Å². The van der Waals surface area contributed by atoms with Gasteiger partial charge in [0.2, 0.25) is 0 Å². The molecule has 18 heteroatoms. The van der Waals surface area contributed by atoms with Gasteiger partial charge < -0.3 is 45.6 Å². The van der Waals surface area contributed by atoms with Crippen molar-refractivity contribution in [2.45, 2.75) is 173 Å². The molecule has 5 unspecified atom stereocenters. The molecule has 0 saturated carbocycles. The maximum absolute atomic E-state index is 9.68. The molecule has 1 aromatic carbocycles. The van der Waals surface area contributed by atoms with E-state index in [1.165, 1.54) is 6.08 Å². The Morgan fingerprint density at radius 2 is 1.01 bits per heavy atom. The van der Waals surface area contributed by atoms with Gasteiger partial charge in [0, 0.05) is 112 Å². The number of hydrogen-bond donors (Lipinski definition) is 6. The molecule has 0 amide bonds. The summed E-state index contributed by atoms with van der Waals surface area (Å²) in [6, 6.07) is 28.8. The van der Waals surface area contributed by atoms with Crippen LogP contribution >= 0.6 is 0 Å². The van der Waals surface area contributed by atoms with E-state index in [1.807, 2.05) is 125 Å². The predicted octanol–water partition coefficient (Wildman–Crippen LogP) is 11.7. The minimum atomic E-state index is -0.605. The minimum Gasteiger partial charge on any atom is -0.512 e. The molecule has 449 valence electrons. The molecule has 15 nitrogen and oxygen atoms in total. The van der Waals surface area contributed by atoms with Gasteiger partial charge in [-0.05, 0) is 108 Å². The van der Waals surface area contributed by atoms with Crippen LogP contribution < -0.4 is 0 Å². The SMILES string of the molecule is CC(C)(C)C(O)=CC(O)C(C)(C)C.CC(O)CC(C)O.CC(O)CC(C)O.Cc1cnc(-c2[c-]cccc2)c(C)n1.Cc1ncc[c-]c1-c1cc(-c2cccnc2C)ncn1.Cc1ncc[c-]c1-c1cc(C(C)(C)C)ncn1.[Ir].[Ir].[Ir]. The Balaban J connectivity index is 0. The number of aryl methyl sites for hydroxylation is 5. The van der Waals surface area contributed by atoms with E-state index in [2.05, 4.69) is 83.8 Å². The molecule has 6 N–H and O–H groups in total. The third-order valence-corrected chi connectivity index (χ3v) is 11.1. The number of aromatic nitrogens is 9. The number of nitrogens with zero attached hydrogens (tertiary/aromatic N) is 9. The van der Waals surface area contributed by atoms with Crippen molar-refractivity contribution in [1.82, 2.24) is 44.9 Å². The Bertz CT molecular complexity index is 2800. The molecule has 0 spiro atoms. The molecule has 7 rings (SSSR count). The molecule has 81 heavy (non-hydrogen) atoms. The van der Waals surface area contributed by atoms with E-state index in [0.29, 0.717) is 12.8 Å². The van der Waals surface area contributed by atoms with Crippen LogP contribution in [0.5, 0.6) is 0 Å². The van der Waals surface area contributed by atoms with Crippen LogP contribution in [0, 0.1) is 63.6 Å². The van der Waals surface area contributed by atoms with Crippen molar-refractivity contribution in [2.24, 2.45) is 10.8 Å². The Morgan fingerprint density at radius 1 is 0.531 bits per heavy atom. The van der Waals surface area contributed by atoms with Crippen LogP contribution in [0.1, 0.15) is 137 Å². The molecule has 6 heterocycles. The molecule has 0 aliphatic heterocycles. The number of rotatable bonds is 9. The standard InChI is InChI=1S/C16H13N4.C14H16N3.C12H11N2.C11H22O2.2C5H12O2.3Ir/c1-11-13(5-3-7-17-11)15-9-16(20-10-19-15)14-6-4-8-18-12(14)2;1-10-11(6-5-7-15-10)12-8-13(14(2,3)4)17-9-16-12;1-9-8-13-12(10(2)14-9)11-6-4-3-5-7-11;1-10(2,3)8(12)7-9(13)11(4,5)6;2*1-4(6)3-5(2)7;;;/h3-5,7-10H,1-2H3;5,7-9H,1-4H3;3-6,8H,1-2H3;7-8,12-13H,1-6H3;2*4-7H,3H2,1-2H3;;;/q3*-1;;;;;;. The molecule has 0 aliphatic carbocycles. The minimum absolute atomic E-state index is 0. The van der Waals surface area contributed by atoms with Gasteiger partial charge in [-0.25, -0.2) is 9.97 Å². The smallest absolute Gasteiger partial charge is 0.106 e. The number of pyridine rings is 3. The molecule has 7 aromatic rings. The summed E-state index contributed by atoms with van der Waals surface area (Å²) in [5.41, 5.74) is 12.6. The van der Waals surface area contributed by atoms with Crippen LogP contribution in [0.4, 0.5) is 0 Å². The van der Waals surface area contributed by atoms with Gasteiger partial charge in [0.05, 0.1) is 47.7 Å². The Morgan fingerprint density at radius 3 is 1.42 bits per heavy atom. The number of aliphatic hydroxyl groups excluding tert-OH is 6. The van der Waals surface area contributed by atoms with Crippen LogP contribution in [-0.4, -0.2) is 106 Å². The summed E-state index contributed by atoms with van der Waals surface area (Å²) in [6.45, 7) is 34.4. The van der Waals surface area contributed by atoms with Crippen LogP contribution in [0.2, 0.25) is 0 Å². The monoisotopic (exact) mass is 1640 g/mol. The zero-order valence-corrected chi connectivity index (χ0v) is 57.5. The van der Waals surface area contributed by atoms with E-state index in [9.17, 15) is 10.2 Å². The second-order valence-electron chi connectivity index (χ2n) is 22.3. The molecule has 0 bridgehead atoms. The van der Waals surface area contributed by atoms with Crippen molar-refractivity contribution >= 4 is 0 Å². The second-order valence-corrected chi connectivity index (χ2v) is 22.3. The topological polar surface area (TPSA) is 237 Å². The average Bonchev–Trinajstić information content (AvgIpc) is 3.34. The predicted molar refractivity (Wildman–Crippen MR) is 312 cm³/mol. The number of hydrogen-bond acceptors (Lipinski definition) is 15. The molecular weight excluding hydrogens is 1560 g/mol. The van der Waals surface area contributed by atoms with E-state index in [1.54, 1.807) is 77.3 Å². The summed E-state index contributed by atoms with van der Waals surface area (Å²) in [6.07, 6.45) is 10.6. The van der Waals surface area contributed by atoms with Crippen molar-refractivity contribution in [3.63, 3.8) is 0 Å². The fourth-order valence-corrected chi connectivity index (χ4v) is 6.74. The van der Waals surface area contributed by atoms with Gasteiger partial charge in [0.15, 0.2) is 0 Å². The first-order valence-corrected chi connectivity index (χ1v) is 26.1.